The lowest BCUT2D eigenvalue weighted by molar-refractivity contribution is -0.704. The van der Waals surface area contributed by atoms with E-state index in [1.54, 1.807) is 5.82 Å². The number of aromatic nitrogens is 2. The third kappa shape index (κ3) is 13.5. The minimum absolute atomic E-state index is 1.22. The fraction of sp³-hybridized carbons (Fsp3) is 0.893. The Hall–Kier alpha value is -0.790. The molecule has 0 saturated carbocycles. The highest BCUT2D eigenvalue weighted by atomic mass is 15.1. The number of imidazole rings is 1. The summed E-state index contributed by atoms with van der Waals surface area (Å²) in [5, 5.41) is 0. The van der Waals surface area contributed by atoms with Gasteiger partial charge in [-0.25, -0.2) is 9.13 Å². The normalized spacial score (nSPS) is 11.4. The Morgan fingerprint density at radius 1 is 0.567 bits per heavy atom. The molecule has 0 amide bonds. The second-order valence-electron chi connectivity index (χ2n) is 9.51. The Balaban J connectivity index is 2.42. The van der Waals surface area contributed by atoms with Crippen LogP contribution in [0.15, 0.2) is 12.4 Å². The minimum atomic E-state index is 1.22. The first kappa shape index (κ1) is 27.2. The highest BCUT2D eigenvalue weighted by molar-refractivity contribution is 4.84. The van der Waals surface area contributed by atoms with E-state index in [2.05, 4.69) is 42.3 Å². The molecule has 0 aliphatic rings. The second-order valence-corrected chi connectivity index (χ2v) is 9.51. The Labute approximate surface area is 189 Å². The summed E-state index contributed by atoms with van der Waals surface area (Å²) in [7, 11) is 0. The number of unbranched alkanes of at least 4 members (excludes halogenated alkanes) is 16. The Kier molecular flexibility index (Phi) is 18.3. The first-order valence-electron chi connectivity index (χ1n) is 13.9. The summed E-state index contributed by atoms with van der Waals surface area (Å²) in [6.45, 7) is 9.36. The molecule has 0 fully saturated rings. The predicted molar refractivity (Wildman–Crippen MR) is 133 cm³/mol. The van der Waals surface area contributed by atoms with Crippen molar-refractivity contribution in [1.82, 2.24) is 4.57 Å². The molecule has 0 unspecified atom stereocenters. The molecular formula is C28H55N2+. The zero-order valence-electron chi connectivity index (χ0n) is 21.1. The van der Waals surface area contributed by atoms with Crippen molar-refractivity contribution in [3.05, 3.63) is 18.2 Å². The standard InChI is InChI=1S/C28H55N2/c1-4-7-10-13-16-17-20-23-28-29(24-21-18-14-11-8-5-2)26-27-30(28)25-22-19-15-12-9-6-3/h26-27H,4-25H2,1-3H3/q+1. The predicted octanol–water partition coefficient (Wildman–Crippen LogP) is 8.79. The summed E-state index contributed by atoms with van der Waals surface area (Å²) < 4.78 is 5.18. The maximum absolute atomic E-state index is 2.59. The minimum Gasteiger partial charge on any atom is -0.234 e. The summed E-state index contributed by atoms with van der Waals surface area (Å²) >= 11 is 0. The second kappa shape index (κ2) is 20.1. The zero-order chi connectivity index (χ0) is 21.7. The van der Waals surface area contributed by atoms with Crippen LogP contribution in [0.25, 0.3) is 0 Å². The van der Waals surface area contributed by atoms with Gasteiger partial charge in [-0.2, -0.15) is 0 Å². The molecule has 0 spiro atoms. The van der Waals surface area contributed by atoms with Crippen LogP contribution in [0, 0.1) is 0 Å². The SMILES string of the molecule is CCCCCCCCCc1n(CCCCCCCC)cc[n+]1CCCCCCCC. The van der Waals surface area contributed by atoms with Crippen LogP contribution in [0.5, 0.6) is 0 Å². The van der Waals surface area contributed by atoms with Crippen molar-refractivity contribution in [2.75, 3.05) is 0 Å². The molecule has 0 aliphatic carbocycles. The summed E-state index contributed by atoms with van der Waals surface area (Å²) in [5.41, 5.74) is 0. The Morgan fingerprint density at radius 2 is 1.03 bits per heavy atom. The van der Waals surface area contributed by atoms with E-state index in [4.69, 9.17) is 0 Å². The molecule has 0 N–H and O–H groups in total. The molecule has 0 bridgehead atoms. The van der Waals surface area contributed by atoms with Gasteiger partial charge in [-0.15, -0.1) is 0 Å². The monoisotopic (exact) mass is 419 g/mol. The third-order valence-electron chi connectivity index (χ3n) is 6.60. The molecule has 1 aromatic heterocycles. The van der Waals surface area contributed by atoms with Crippen LogP contribution >= 0.6 is 0 Å². The summed E-state index contributed by atoms with van der Waals surface area (Å²) in [5.74, 6) is 1.60. The van der Waals surface area contributed by atoms with Gasteiger partial charge in [0.15, 0.2) is 0 Å². The molecular weight excluding hydrogens is 364 g/mol. The van der Waals surface area contributed by atoms with Crippen LogP contribution in [0.1, 0.15) is 149 Å². The first-order chi connectivity index (χ1) is 14.8. The van der Waals surface area contributed by atoms with Crippen LogP contribution in [0.2, 0.25) is 0 Å². The average molecular weight is 420 g/mol. The summed E-state index contributed by atoms with van der Waals surface area (Å²) in [4.78, 5) is 0. The fourth-order valence-electron chi connectivity index (χ4n) is 4.56. The van der Waals surface area contributed by atoms with Gasteiger partial charge in [-0.3, -0.25) is 0 Å². The highest BCUT2D eigenvalue weighted by Crippen LogP contribution is 2.12. The van der Waals surface area contributed by atoms with E-state index < -0.39 is 0 Å². The van der Waals surface area contributed by atoms with Gasteiger partial charge in [0, 0.05) is 6.42 Å². The molecule has 0 aliphatic heterocycles. The van der Waals surface area contributed by atoms with Crippen molar-refractivity contribution in [3.63, 3.8) is 0 Å². The summed E-state index contributed by atoms with van der Waals surface area (Å²) in [6.07, 6.45) is 32.5. The van der Waals surface area contributed by atoms with E-state index in [0.29, 0.717) is 0 Å². The van der Waals surface area contributed by atoms with E-state index in [-0.39, 0.29) is 0 Å². The van der Waals surface area contributed by atoms with Crippen LogP contribution in [-0.4, -0.2) is 4.57 Å². The van der Waals surface area contributed by atoms with Gasteiger partial charge in [-0.1, -0.05) is 111 Å². The molecule has 30 heavy (non-hydrogen) atoms. The first-order valence-corrected chi connectivity index (χ1v) is 13.9. The number of nitrogens with zero attached hydrogens (tertiary/aromatic N) is 2. The molecule has 1 aromatic rings. The number of aryl methyl sites for hydroxylation is 2. The van der Waals surface area contributed by atoms with Crippen molar-refractivity contribution in [3.8, 4) is 0 Å². The lowest BCUT2D eigenvalue weighted by Crippen LogP contribution is -2.37. The summed E-state index contributed by atoms with van der Waals surface area (Å²) in [6, 6.07) is 0. The average Bonchev–Trinajstić information content (AvgIpc) is 3.14. The van der Waals surface area contributed by atoms with E-state index in [9.17, 15) is 0 Å². The maximum Gasteiger partial charge on any atom is 0.256 e. The van der Waals surface area contributed by atoms with Crippen LogP contribution in [0.4, 0.5) is 0 Å². The third-order valence-corrected chi connectivity index (χ3v) is 6.60. The van der Waals surface area contributed by atoms with Gasteiger partial charge in [-0.05, 0) is 32.1 Å². The van der Waals surface area contributed by atoms with Gasteiger partial charge >= 0.3 is 0 Å². The van der Waals surface area contributed by atoms with Crippen LogP contribution < -0.4 is 4.57 Å². The van der Waals surface area contributed by atoms with Gasteiger partial charge in [0.2, 0.25) is 0 Å². The van der Waals surface area contributed by atoms with Gasteiger partial charge in [0.05, 0.1) is 13.1 Å². The highest BCUT2D eigenvalue weighted by Gasteiger charge is 2.16. The van der Waals surface area contributed by atoms with Crippen LogP contribution in [-0.2, 0) is 19.5 Å². The molecule has 0 atom stereocenters. The zero-order valence-corrected chi connectivity index (χ0v) is 21.1. The van der Waals surface area contributed by atoms with Crippen molar-refractivity contribution in [2.24, 2.45) is 0 Å². The Bertz CT molecular complexity index is 443. The maximum atomic E-state index is 2.59. The molecule has 176 valence electrons. The van der Waals surface area contributed by atoms with E-state index in [1.807, 2.05) is 0 Å². The van der Waals surface area contributed by atoms with Crippen molar-refractivity contribution < 1.29 is 4.57 Å². The lowest BCUT2D eigenvalue weighted by Gasteiger charge is -2.07. The van der Waals surface area contributed by atoms with Gasteiger partial charge < -0.3 is 0 Å². The van der Waals surface area contributed by atoms with Crippen molar-refractivity contribution in [2.45, 2.75) is 162 Å². The number of hydrogen-bond donors (Lipinski definition) is 0. The fourth-order valence-corrected chi connectivity index (χ4v) is 4.56. The van der Waals surface area contributed by atoms with Crippen molar-refractivity contribution >= 4 is 0 Å². The Morgan fingerprint density at radius 3 is 1.60 bits per heavy atom. The van der Waals surface area contributed by atoms with Crippen molar-refractivity contribution in [1.29, 1.82) is 0 Å². The topological polar surface area (TPSA) is 8.81 Å². The molecule has 0 radical (unpaired) electrons. The van der Waals surface area contributed by atoms with E-state index in [1.165, 1.54) is 142 Å². The van der Waals surface area contributed by atoms with E-state index in [0.717, 1.165) is 0 Å². The van der Waals surface area contributed by atoms with E-state index >= 15 is 0 Å². The smallest absolute Gasteiger partial charge is 0.234 e. The molecule has 1 heterocycles. The van der Waals surface area contributed by atoms with Crippen LogP contribution in [0.3, 0.4) is 0 Å². The molecule has 1 rings (SSSR count). The lowest BCUT2D eigenvalue weighted by atomic mass is 10.1. The van der Waals surface area contributed by atoms with Gasteiger partial charge in [0.1, 0.15) is 12.4 Å². The molecule has 2 heteroatoms. The molecule has 0 saturated heterocycles. The number of hydrogen-bond acceptors (Lipinski definition) is 0. The largest absolute Gasteiger partial charge is 0.256 e. The van der Waals surface area contributed by atoms with Gasteiger partial charge in [0.25, 0.3) is 5.82 Å². The molecule has 2 nitrogen and oxygen atoms in total. The number of rotatable bonds is 22. The molecule has 0 aromatic carbocycles. The quantitative estimate of drug-likeness (QED) is 0.131.